The number of nitrogens with one attached hydrogen (secondary N) is 1. The van der Waals surface area contributed by atoms with Gasteiger partial charge in [0.15, 0.2) is 0 Å². The van der Waals surface area contributed by atoms with Gasteiger partial charge in [-0.3, -0.25) is 9.89 Å². The van der Waals surface area contributed by atoms with Crippen molar-refractivity contribution in [2.75, 3.05) is 76.4 Å². The van der Waals surface area contributed by atoms with Crippen LogP contribution in [0.3, 0.4) is 0 Å². The van der Waals surface area contributed by atoms with Gasteiger partial charge in [-0.15, -0.1) is 0 Å². The number of anilines is 2. The lowest BCUT2D eigenvalue weighted by Crippen LogP contribution is -2.55. The minimum Gasteiger partial charge on any atom is -0.496 e. The summed E-state index contributed by atoms with van der Waals surface area (Å²) in [5.74, 6) is 2.06. The number of hydrogen-bond acceptors (Lipinski definition) is 8. The molecule has 8 nitrogen and oxygen atoms in total. The molecule has 0 aromatic carbocycles. The van der Waals surface area contributed by atoms with Crippen molar-refractivity contribution in [2.24, 2.45) is 10.9 Å². The Morgan fingerprint density at radius 3 is 2.63 bits per heavy atom. The molecule has 0 unspecified atom stereocenters. The fourth-order valence-electron chi connectivity index (χ4n) is 5.24. The largest absolute Gasteiger partial charge is 0.496 e. The molecule has 3 aliphatic heterocycles. The summed E-state index contributed by atoms with van der Waals surface area (Å²) in [7, 11) is 2.21. The van der Waals surface area contributed by atoms with Gasteiger partial charge in [0.1, 0.15) is 11.6 Å². The summed E-state index contributed by atoms with van der Waals surface area (Å²) in [6.45, 7) is 18.4. The van der Waals surface area contributed by atoms with Gasteiger partial charge in [0.05, 0.1) is 25.5 Å². The van der Waals surface area contributed by atoms with Gasteiger partial charge in [-0.05, 0) is 72.6 Å². The maximum absolute atomic E-state index is 5.91. The number of hydrogen-bond donors (Lipinski definition) is 1. The van der Waals surface area contributed by atoms with E-state index in [4.69, 9.17) is 9.47 Å². The SMILES string of the molecule is C=N/C(=C\C(Nc1nccc(N2CCOCC2)c1C)=C(/C)OCC)C1CN(C2CCN(C)CC2)C1. The van der Waals surface area contributed by atoms with Crippen molar-refractivity contribution < 1.29 is 9.47 Å². The Morgan fingerprint density at radius 2 is 1.97 bits per heavy atom. The van der Waals surface area contributed by atoms with E-state index in [1.165, 1.54) is 31.6 Å². The predicted octanol–water partition coefficient (Wildman–Crippen LogP) is 3.52. The minimum absolute atomic E-state index is 0.395. The summed E-state index contributed by atoms with van der Waals surface area (Å²) in [6.07, 6.45) is 6.49. The fourth-order valence-corrected chi connectivity index (χ4v) is 5.24. The van der Waals surface area contributed by atoms with Crippen molar-refractivity contribution in [3.8, 4) is 0 Å². The summed E-state index contributed by atoms with van der Waals surface area (Å²) in [5.41, 5.74) is 4.22. The Morgan fingerprint density at radius 1 is 1.26 bits per heavy atom. The number of aromatic nitrogens is 1. The van der Waals surface area contributed by atoms with Gasteiger partial charge in [0.2, 0.25) is 0 Å². The fraction of sp³-hybridized carbons (Fsp3) is 0.630. The molecule has 3 fully saturated rings. The zero-order valence-corrected chi connectivity index (χ0v) is 21.9. The molecule has 3 aliphatic rings. The monoisotopic (exact) mass is 482 g/mol. The van der Waals surface area contributed by atoms with Crippen molar-refractivity contribution in [2.45, 2.75) is 39.7 Å². The maximum Gasteiger partial charge on any atom is 0.135 e. The topological polar surface area (TPSA) is 65.5 Å². The third-order valence-electron chi connectivity index (χ3n) is 7.53. The van der Waals surface area contributed by atoms with Crippen molar-refractivity contribution in [1.29, 1.82) is 0 Å². The van der Waals surface area contributed by atoms with Crippen molar-refractivity contribution in [1.82, 2.24) is 14.8 Å². The minimum atomic E-state index is 0.395. The molecular weight excluding hydrogens is 440 g/mol. The zero-order chi connectivity index (χ0) is 24.8. The van der Waals surface area contributed by atoms with Crippen LogP contribution >= 0.6 is 0 Å². The molecule has 192 valence electrons. The van der Waals surface area contributed by atoms with Crippen LogP contribution in [0.4, 0.5) is 11.5 Å². The first kappa shape index (κ1) is 25.7. The molecule has 4 rings (SSSR count). The normalized spacial score (nSPS) is 21.9. The second-order valence-corrected chi connectivity index (χ2v) is 9.84. The molecule has 0 saturated carbocycles. The molecular formula is C27H42N6O2. The average Bonchev–Trinajstić information content (AvgIpc) is 2.84. The first-order valence-electron chi connectivity index (χ1n) is 13.0. The molecule has 0 aliphatic carbocycles. The Balaban J connectivity index is 1.50. The summed E-state index contributed by atoms with van der Waals surface area (Å²) in [6, 6.07) is 2.78. The lowest BCUT2D eigenvalue weighted by atomic mass is 9.90. The molecule has 4 heterocycles. The van der Waals surface area contributed by atoms with E-state index in [9.17, 15) is 0 Å². The number of allylic oxidation sites excluding steroid dienone is 2. The number of morpholine rings is 1. The Labute approximate surface area is 210 Å². The number of aliphatic imine (C=N–C) groups is 1. The molecule has 0 amide bonds. The molecule has 1 N–H and O–H groups in total. The van der Waals surface area contributed by atoms with Crippen LogP contribution in [-0.2, 0) is 9.47 Å². The predicted molar refractivity (Wildman–Crippen MR) is 143 cm³/mol. The molecule has 8 heteroatoms. The lowest BCUT2D eigenvalue weighted by Gasteiger charge is -2.47. The van der Waals surface area contributed by atoms with Gasteiger partial charge in [0.25, 0.3) is 0 Å². The Hall–Kier alpha value is -2.42. The lowest BCUT2D eigenvalue weighted by molar-refractivity contribution is 0.0371. The van der Waals surface area contributed by atoms with Gasteiger partial charge in [-0.1, -0.05) is 0 Å². The first-order chi connectivity index (χ1) is 17.0. The van der Waals surface area contributed by atoms with Crippen molar-refractivity contribution in [3.63, 3.8) is 0 Å². The van der Waals surface area contributed by atoms with Crippen molar-refractivity contribution in [3.05, 3.63) is 41.1 Å². The van der Waals surface area contributed by atoms with Crippen LogP contribution in [0.25, 0.3) is 0 Å². The summed E-state index contributed by atoms with van der Waals surface area (Å²) in [5, 5.41) is 3.56. The highest BCUT2D eigenvalue weighted by atomic mass is 16.5. The standard InChI is InChI=1S/C27H42N6O2/c1-6-35-21(3)24(30-27-20(2)26(7-10-29-27)32-13-15-34-16-14-32)17-25(28-4)22-18-33(19-22)23-8-11-31(5)12-9-23/h7,10,17,22-23H,4,6,8-9,11-16,18-19H2,1-3,5H3,(H,29,30)/b24-21-,25-17-. The molecule has 0 atom stereocenters. The molecule has 1 aromatic heterocycles. The smallest absolute Gasteiger partial charge is 0.135 e. The van der Waals surface area contributed by atoms with E-state index < -0.39 is 0 Å². The second-order valence-electron chi connectivity index (χ2n) is 9.84. The van der Waals surface area contributed by atoms with E-state index >= 15 is 0 Å². The number of piperidine rings is 1. The highest BCUT2D eigenvalue weighted by molar-refractivity contribution is 5.65. The second kappa shape index (κ2) is 12.0. The number of ether oxygens (including phenoxy) is 2. The van der Waals surface area contributed by atoms with Crippen LogP contribution in [0.2, 0.25) is 0 Å². The van der Waals surface area contributed by atoms with Crippen LogP contribution < -0.4 is 10.2 Å². The summed E-state index contributed by atoms with van der Waals surface area (Å²) < 4.78 is 11.4. The van der Waals surface area contributed by atoms with E-state index in [-0.39, 0.29) is 0 Å². The number of likely N-dealkylation sites (tertiary alicyclic amines) is 2. The van der Waals surface area contributed by atoms with Crippen LogP contribution in [0, 0.1) is 12.8 Å². The van der Waals surface area contributed by atoms with Gasteiger partial charge in [-0.2, -0.15) is 0 Å². The molecule has 0 bridgehead atoms. The summed E-state index contributed by atoms with van der Waals surface area (Å²) >= 11 is 0. The van der Waals surface area contributed by atoms with E-state index in [0.717, 1.165) is 67.9 Å². The zero-order valence-electron chi connectivity index (χ0n) is 21.9. The highest BCUT2D eigenvalue weighted by Crippen LogP contribution is 2.32. The number of pyridine rings is 1. The number of rotatable bonds is 9. The molecule has 1 aromatic rings. The first-order valence-corrected chi connectivity index (χ1v) is 13.0. The molecule has 35 heavy (non-hydrogen) atoms. The van der Waals surface area contributed by atoms with E-state index in [1.54, 1.807) is 0 Å². The maximum atomic E-state index is 5.91. The Kier molecular flexibility index (Phi) is 8.81. The van der Waals surface area contributed by atoms with Crippen molar-refractivity contribution >= 4 is 18.2 Å². The third kappa shape index (κ3) is 6.23. The van der Waals surface area contributed by atoms with Gasteiger partial charge in [0, 0.05) is 61.3 Å². The van der Waals surface area contributed by atoms with Gasteiger partial charge in [-0.25, -0.2) is 4.98 Å². The van der Waals surface area contributed by atoms with E-state index in [2.05, 4.69) is 62.8 Å². The van der Waals surface area contributed by atoms with E-state index in [1.807, 2.05) is 20.0 Å². The molecule has 0 spiro atoms. The Bertz CT molecular complexity index is 926. The summed E-state index contributed by atoms with van der Waals surface area (Å²) in [4.78, 5) is 16.5. The third-order valence-corrected chi connectivity index (χ3v) is 7.53. The van der Waals surface area contributed by atoms with Gasteiger partial charge < -0.3 is 24.6 Å². The van der Waals surface area contributed by atoms with Gasteiger partial charge >= 0.3 is 0 Å². The van der Waals surface area contributed by atoms with Crippen LogP contribution in [0.15, 0.2) is 40.5 Å². The molecule has 0 radical (unpaired) electrons. The number of nitrogens with zero attached hydrogens (tertiary/aromatic N) is 5. The van der Waals surface area contributed by atoms with Crippen LogP contribution in [0.5, 0.6) is 0 Å². The quantitative estimate of drug-likeness (QED) is 0.328. The molecule has 3 saturated heterocycles. The van der Waals surface area contributed by atoms with Crippen LogP contribution in [0.1, 0.15) is 32.3 Å². The average molecular weight is 483 g/mol. The van der Waals surface area contributed by atoms with Crippen LogP contribution in [-0.4, -0.2) is 93.7 Å². The highest BCUT2D eigenvalue weighted by Gasteiger charge is 2.35. The van der Waals surface area contributed by atoms with E-state index in [0.29, 0.717) is 18.6 Å².